The van der Waals surface area contributed by atoms with E-state index in [4.69, 9.17) is 0 Å². The van der Waals surface area contributed by atoms with Crippen molar-refractivity contribution in [1.29, 1.82) is 0 Å². The average Bonchev–Trinajstić information content (AvgIpc) is 3.38. The minimum absolute atomic E-state index is 0.00195. The molecule has 0 unspecified atom stereocenters. The zero-order valence-electron chi connectivity index (χ0n) is 13.7. The number of rotatable bonds is 1. The van der Waals surface area contributed by atoms with Crippen LogP contribution in [0.1, 0.15) is 47.6 Å². The van der Waals surface area contributed by atoms with Crippen molar-refractivity contribution in [1.82, 2.24) is 19.8 Å². The van der Waals surface area contributed by atoms with Crippen molar-refractivity contribution in [2.45, 2.75) is 38.0 Å². The van der Waals surface area contributed by atoms with E-state index in [0.29, 0.717) is 23.8 Å². The molecule has 0 bridgehead atoms. The maximum Gasteiger partial charge on any atom is 0.257 e. The largest absolute Gasteiger partial charge is 0.342 e. The number of piperidine rings is 1. The third kappa shape index (κ3) is 2.31. The lowest BCUT2D eigenvalue weighted by Crippen LogP contribution is -2.54. The molecule has 1 aliphatic carbocycles. The van der Waals surface area contributed by atoms with Gasteiger partial charge in [0.15, 0.2) is 0 Å². The van der Waals surface area contributed by atoms with Crippen LogP contribution in [-0.4, -0.2) is 58.3 Å². The molecule has 0 N–H and O–H groups in total. The van der Waals surface area contributed by atoms with Gasteiger partial charge in [0, 0.05) is 44.2 Å². The van der Waals surface area contributed by atoms with Crippen molar-refractivity contribution in [3.05, 3.63) is 23.3 Å². The van der Waals surface area contributed by atoms with Crippen LogP contribution in [0.2, 0.25) is 0 Å². The Balaban J connectivity index is 1.64. The van der Waals surface area contributed by atoms with Gasteiger partial charge in [-0.1, -0.05) is 0 Å². The molecular weight excluding hydrogens is 292 g/mol. The van der Waals surface area contributed by atoms with Crippen LogP contribution in [0.15, 0.2) is 6.20 Å². The van der Waals surface area contributed by atoms with E-state index in [-0.39, 0.29) is 17.2 Å². The van der Waals surface area contributed by atoms with E-state index in [2.05, 4.69) is 9.97 Å². The smallest absolute Gasteiger partial charge is 0.257 e. The summed E-state index contributed by atoms with van der Waals surface area (Å²) in [5.74, 6) is 1.30. The number of carbonyl (C=O) groups is 2. The topological polar surface area (TPSA) is 66.4 Å². The molecule has 1 spiro atoms. The summed E-state index contributed by atoms with van der Waals surface area (Å²) in [5.41, 5.74) is 1.39. The molecule has 0 atom stereocenters. The molecule has 0 aromatic carbocycles. The Bertz CT molecular complexity index is 675. The molecule has 4 rings (SSSR count). The lowest BCUT2D eigenvalue weighted by Gasteiger charge is -2.46. The number of aromatic nitrogens is 2. The predicted octanol–water partition coefficient (Wildman–Crippen LogP) is 1.14. The minimum Gasteiger partial charge on any atom is -0.342 e. The SMILES string of the molecule is Cc1ncc2c(n1)C1(CCN(C(=O)C3CC3)CC1)CN(C)C2=O. The van der Waals surface area contributed by atoms with Crippen LogP contribution in [0.5, 0.6) is 0 Å². The first-order chi connectivity index (χ1) is 11.0. The number of hydrogen-bond donors (Lipinski definition) is 0. The molecule has 6 nitrogen and oxygen atoms in total. The van der Waals surface area contributed by atoms with Crippen molar-refractivity contribution >= 4 is 11.8 Å². The third-order valence-corrected chi connectivity index (χ3v) is 5.49. The maximum atomic E-state index is 12.4. The predicted molar refractivity (Wildman–Crippen MR) is 83.9 cm³/mol. The van der Waals surface area contributed by atoms with Crippen LogP contribution < -0.4 is 0 Å². The molecule has 3 heterocycles. The van der Waals surface area contributed by atoms with E-state index in [1.165, 1.54) is 0 Å². The third-order valence-electron chi connectivity index (χ3n) is 5.49. The summed E-state index contributed by atoms with van der Waals surface area (Å²) in [6, 6.07) is 0. The lowest BCUT2D eigenvalue weighted by molar-refractivity contribution is -0.134. The summed E-state index contributed by atoms with van der Waals surface area (Å²) < 4.78 is 0. The monoisotopic (exact) mass is 314 g/mol. The van der Waals surface area contributed by atoms with E-state index in [1.54, 1.807) is 11.1 Å². The van der Waals surface area contributed by atoms with Crippen LogP contribution in [-0.2, 0) is 10.2 Å². The summed E-state index contributed by atoms with van der Waals surface area (Å²) in [7, 11) is 1.84. The van der Waals surface area contributed by atoms with Gasteiger partial charge in [-0.25, -0.2) is 9.97 Å². The van der Waals surface area contributed by atoms with Crippen LogP contribution in [0.3, 0.4) is 0 Å². The van der Waals surface area contributed by atoms with E-state index in [9.17, 15) is 9.59 Å². The van der Waals surface area contributed by atoms with E-state index in [1.807, 2.05) is 18.9 Å². The lowest BCUT2D eigenvalue weighted by atomic mass is 9.71. The number of hydrogen-bond acceptors (Lipinski definition) is 4. The number of likely N-dealkylation sites (N-methyl/N-ethyl adjacent to an activating group) is 1. The van der Waals surface area contributed by atoms with Gasteiger partial charge < -0.3 is 9.80 Å². The number of likely N-dealkylation sites (tertiary alicyclic amines) is 1. The van der Waals surface area contributed by atoms with E-state index < -0.39 is 0 Å². The second kappa shape index (κ2) is 5.01. The summed E-state index contributed by atoms with van der Waals surface area (Å²) in [5, 5.41) is 0. The number of carbonyl (C=O) groups excluding carboxylic acids is 2. The quantitative estimate of drug-likeness (QED) is 0.780. The van der Waals surface area contributed by atoms with Crippen LogP contribution in [0.4, 0.5) is 0 Å². The molecule has 2 fully saturated rings. The zero-order valence-corrected chi connectivity index (χ0v) is 13.7. The van der Waals surface area contributed by atoms with Crippen molar-refractivity contribution in [2.75, 3.05) is 26.7 Å². The van der Waals surface area contributed by atoms with Gasteiger partial charge >= 0.3 is 0 Å². The fraction of sp³-hybridized carbons (Fsp3) is 0.647. The van der Waals surface area contributed by atoms with Gasteiger partial charge in [-0.3, -0.25) is 9.59 Å². The fourth-order valence-electron chi connectivity index (χ4n) is 3.98. The molecule has 2 aliphatic heterocycles. The summed E-state index contributed by atoms with van der Waals surface area (Å²) >= 11 is 0. The molecule has 1 saturated carbocycles. The number of amides is 2. The van der Waals surface area contributed by atoms with Crippen LogP contribution >= 0.6 is 0 Å². The van der Waals surface area contributed by atoms with Gasteiger partial charge in [0.05, 0.1) is 11.3 Å². The Kier molecular flexibility index (Phi) is 3.18. The zero-order chi connectivity index (χ0) is 16.2. The van der Waals surface area contributed by atoms with Crippen molar-refractivity contribution in [2.24, 2.45) is 5.92 Å². The molecule has 1 saturated heterocycles. The Labute approximate surface area is 135 Å². The fourth-order valence-corrected chi connectivity index (χ4v) is 3.98. The first-order valence-electron chi connectivity index (χ1n) is 8.38. The van der Waals surface area contributed by atoms with Crippen LogP contribution in [0, 0.1) is 12.8 Å². The van der Waals surface area contributed by atoms with Gasteiger partial charge in [-0.15, -0.1) is 0 Å². The van der Waals surface area contributed by atoms with E-state index >= 15 is 0 Å². The van der Waals surface area contributed by atoms with Crippen molar-refractivity contribution < 1.29 is 9.59 Å². The van der Waals surface area contributed by atoms with Gasteiger partial charge in [0.1, 0.15) is 5.82 Å². The van der Waals surface area contributed by atoms with E-state index in [0.717, 1.165) is 44.5 Å². The van der Waals surface area contributed by atoms with Gasteiger partial charge in [-0.05, 0) is 32.6 Å². The first kappa shape index (κ1) is 14.6. The Hall–Kier alpha value is -1.98. The Morgan fingerprint density at radius 3 is 2.65 bits per heavy atom. The van der Waals surface area contributed by atoms with Gasteiger partial charge in [-0.2, -0.15) is 0 Å². The molecule has 122 valence electrons. The van der Waals surface area contributed by atoms with Crippen molar-refractivity contribution in [3.8, 4) is 0 Å². The highest BCUT2D eigenvalue weighted by Crippen LogP contribution is 2.41. The second-order valence-corrected chi connectivity index (χ2v) is 7.22. The minimum atomic E-state index is -0.133. The average molecular weight is 314 g/mol. The molecule has 1 aromatic heterocycles. The van der Waals surface area contributed by atoms with Crippen molar-refractivity contribution in [3.63, 3.8) is 0 Å². The molecule has 6 heteroatoms. The number of fused-ring (bicyclic) bond motifs is 2. The number of nitrogens with zero attached hydrogens (tertiary/aromatic N) is 4. The maximum absolute atomic E-state index is 12.4. The summed E-state index contributed by atoms with van der Waals surface area (Å²) in [6.45, 7) is 4.07. The Morgan fingerprint density at radius 1 is 1.30 bits per heavy atom. The normalized spacial score (nSPS) is 23.1. The Morgan fingerprint density at radius 2 is 2.00 bits per heavy atom. The highest BCUT2D eigenvalue weighted by molar-refractivity contribution is 5.96. The highest BCUT2D eigenvalue weighted by Gasteiger charge is 2.47. The molecular formula is C17H22N4O2. The molecule has 3 aliphatic rings. The van der Waals surface area contributed by atoms with Crippen LogP contribution in [0.25, 0.3) is 0 Å². The molecule has 23 heavy (non-hydrogen) atoms. The number of aryl methyl sites for hydroxylation is 1. The van der Waals surface area contributed by atoms with Gasteiger partial charge in [0.25, 0.3) is 5.91 Å². The highest BCUT2D eigenvalue weighted by atomic mass is 16.2. The second-order valence-electron chi connectivity index (χ2n) is 7.22. The summed E-state index contributed by atoms with van der Waals surface area (Å²) in [4.78, 5) is 37.3. The standard InChI is InChI=1S/C17H22N4O2/c1-11-18-9-13-14(19-11)17(10-20(2)16(13)23)5-7-21(8-6-17)15(22)12-3-4-12/h9,12H,3-8,10H2,1-2H3. The molecule has 1 aromatic rings. The molecule has 0 radical (unpaired) electrons. The van der Waals surface area contributed by atoms with Gasteiger partial charge in [0.2, 0.25) is 5.91 Å². The molecule has 2 amide bonds. The summed E-state index contributed by atoms with van der Waals surface area (Å²) in [6.07, 6.45) is 5.50. The first-order valence-corrected chi connectivity index (χ1v) is 8.38.